The number of hydrogen-bond acceptors (Lipinski definition) is 2. The zero-order valence-electron chi connectivity index (χ0n) is 8.36. The van der Waals surface area contributed by atoms with Crippen molar-refractivity contribution in [3.8, 4) is 5.69 Å². The van der Waals surface area contributed by atoms with Crippen LogP contribution in [-0.4, -0.2) is 16.8 Å². The highest BCUT2D eigenvalue weighted by Crippen LogP contribution is 2.15. The van der Waals surface area contributed by atoms with E-state index >= 15 is 0 Å². The Morgan fingerprint density at radius 2 is 1.93 bits per heavy atom. The number of aromatic nitrogens is 2. The topological polar surface area (TPSA) is 29.9 Å². The molecule has 72 valence electrons. The molecule has 2 aromatic rings. The molecule has 0 aliphatic rings. The first kappa shape index (κ1) is 8.81. The van der Waals surface area contributed by atoms with Gasteiger partial charge in [0.25, 0.3) is 0 Å². The summed E-state index contributed by atoms with van der Waals surface area (Å²) in [4.78, 5) is 0. The summed E-state index contributed by atoms with van der Waals surface area (Å²) >= 11 is 0. The maximum atomic E-state index is 4.41. The van der Waals surface area contributed by atoms with Crippen LogP contribution in [0.4, 0.5) is 5.82 Å². The van der Waals surface area contributed by atoms with E-state index in [-0.39, 0.29) is 0 Å². The molecule has 0 unspecified atom stereocenters. The predicted octanol–water partition coefficient (Wildman–Crippen LogP) is 2.22. The highest BCUT2D eigenvalue weighted by Gasteiger charge is 2.04. The first-order valence-corrected chi connectivity index (χ1v) is 4.61. The first-order chi connectivity index (χ1) is 6.81. The fourth-order valence-electron chi connectivity index (χ4n) is 1.44. The van der Waals surface area contributed by atoms with Crippen LogP contribution in [-0.2, 0) is 0 Å². The fourth-order valence-corrected chi connectivity index (χ4v) is 1.44. The molecule has 0 fully saturated rings. The molecule has 0 bridgehead atoms. The van der Waals surface area contributed by atoms with Crippen molar-refractivity contribution < 1.29 is 0 Å². The normalized spacial score (nSPS) is 10.1. The van der Waals surface area contributed by atoms with Gasteiger partial charge in [0.05, 0.1) is 11.4 Å². The van der Waals surface area contributed by atoms with Crippen molar-refractivity contribution in [3.05, 3.63) is 42.1 Å². The van der Waals surface area contributed by atoms with Crippen molar-refractivity contribution in [1.82, 2.24) is 9.78 Å². The SMILES string of the molecule is CNc1cc(C)nn1-c1ccccc1. The third kappa shape index (κ3) is 1.48. The van der Waals surface area contributed by atoms with E-state index in [1.54, 1.807) is 0 Å². The molecule has 1 heterocycles. The second kappa shape index (κ2) is 3.54. The van der Waals surface area contributed by atoms with Crippen LogP contribution < -0.4 is 5.32 Å². The molecular weight excluding hydrogens is 174 g/mol. The van der Waals surface area contributed by atoms with E-state index in [1.807, 2.05) is 55.1 Å². The number of nitrogens with one attached hydrogen (secondary N) is 1. The van der Waals surface area contributed by atoms with Gasteiger partial charge in [-0.1, -0.05) is 18.2 Å². The quantitative estimate of drug-likeness (QED) is 0.781. The predicted molar refractivity (Wildman–Crippen MR) is 57.8 cm³/mol. The summed E-state index contributed by atoms with van der Waals surface area (Å²) in [5, 5.41) is 7.52. The average Bonchev–Trinajstić information content (AvgIpc) is 2.61. The minimum absolute atomic E-state index is 1.01. The van der Waals surface area contributed by atoms with Crippen LogP contribution in [0.15, 0.2) is 36.4 Å². The highest BCUT2D eigenvalue weighted by molar-refractivity contribution is 5.45. The van der Waals surface area contributed by atoms with Crippen LogP contribution in [0.1, 0.15) is 5.69 Å². The molecule has 1 aromatic carbocycles. The van der Waals surface area contributed by atoms with E-state index in [0.717, 1.165) is 17.2 Å². The van der Waals surface area contributed by atoms with Crippen LogP contribution in [0.25, 0.3) is 5.69 Å². The molecule has 0 aliphatic heterocycles. The van der Waals surface area contributed by atoms with E-state index in [4.69, 9.17) is 0 Å². The number of hydrogen-bond donors (Lipinski definition) is 1. The third-order valence-electron chi connectivity index (χ3n) is 2.09. The van der Waals surface area contributed by atoms with Crippen LogP contribution in [0.2, 0.25) is 0 Å². The summed E-state index contributed by atoms with van der Waals surface area (Å²) in [6, 6.07) is 12.1. The minimum Gasteiger partial charge on any atom is -0.373 e. The van der Waals surface area contributed by atoms with E-state index in [1.165, 1.54) is 0 Å². The third-order valence-corrected chi connectivity index (χ3v) is 2.09. The lowest BCUT2D eigenvalue weighted by Crippen LogP contribution is -2.01. The van der Waals surface area contributed by atoms with E-state index in [0.29, 0.717) is 0 Å². The van der Waals surface area contributed by atoms with Gasteiger partial charge < -0.3 is 5.32 Å². The molecular formula is C11H13N3. The molecule has 3 nitrogen and oxygen atoms in total. The molecule has 0 radical (unpaired) electrons. The molecule has 0 spiro atoms. The molecule has 0 amide bonds. The summed E-state index contributed by atoms with van der Waals surface area (Å²) in [5.74, 6) is 1.01. The summed E-state index contributed by atoms with van der Waals surface area (Å²) < 4.78 is 1.90. The summed E-state index contributed by atoms with van der Waals surface area (Å²) in [5.41, 5.74) is 2.09. The average molecular weight is 187 g/mol. The number of anilines is 1. The van der Waals surface area contributed by atoms with Gasteiger partial charge in [0.2, 0.25) is 0 Å². The van der Waals surface area contributed by atoms with Gasteiger partial charge in [-0.05, 0) is 19.1 Å². The Balaban J connectivity index is 2.51. The lowest BCUT2D eigenvalue weighted by molar-refractivity contribution is 0.867. The number of benzene rings is 1. The Bertz CT molecular complexity index is 417. The number of para-hydroxylation sites is 1. The Morgan fingerprint density at radius 3 is 2.57 bits per heavy atom. The monoisotopic (exact) mass is 187 g/mol. The zero-order valence-corrected chi connectivity index (χ0v) is 8.36. The van der Waals surface area contributed by atoms with Crippen molar-refractivity contribution in [2.45, 2.75) is 6.92 Å². The molecule has 0 saturated heterocycles. The molecule has 3 heteroatoms. The van der Waals surface area contributed by atoms with Crippen molar-refractivity contribution in [3.63, 3.8) is 0 Å². The smallest absolute Gasteiger partial charge is 0.129 e. The second-order valence-electron chi connectivity index (χ2n) is 3.17. The van der Waals surface area contributed by atoms with Gasteiger partial charge in [-0.3, -0.25) is 0 Å². The molecule has 14 heavy (non-hydrogen) atoms. The second-order valence-corrected chi connectivity index (χ2v) is 3.17. The van der Waals surface area contributed by atoms with E-state index < -0.39 is 0 Å². The van der Waals surface area contributed by atoms with E-state index in [2.05, 4.69) is 10.4 Å². The largest absolute Gasteiger partial charge is 0.373 e. The summed E-state index contributed by atoms with van der Waals surface area (Å²) in [6.07, 6.45) is 0. The maximum absolute atomic E-state index is 4.41. The number of aryl methyl sites for hydroxylation is 1. The highest BCUT2D eigenvalue weighted by atomic mass is 15.3. The Labute approximate surface area is 83.4 Å². The fraction of sp³-hybridized carbons (Fsp3) is 0.182. The van der Waals surface area contributed by atoms with Gasteiger partial charge in [-0.15, -0.1) is 0 Å². The van der Waals surface area contributed by atoms with Crippen LogP contribution in [0.5, 0.6) is 0 Å². The van der Waals surface area contributed by atoms with Gasteiger partial charge in [0.1, 0.15) is 5.82 Å². The van der Waals surface area contributed by atoms with Crippen molar-refractivity contribution in [2.75, 3.05) is 12.4 Å². The first-order valence-electron chi connectivity index (χ1n) is 4.61. The molecule has 2 rings (SSSR count). The Morgan fingerprint density at radius 1 is 1.21 bits per heavy atom. The van der Waals surface area contributed by atoms with Gasteiger partial charge in [0, 0.05) is 13.1 Å². The van der Waals surface area contributed by atoms with E-state index in [9.17, 15) is 0 Å². The zero-order chi connectivity index (χ0) is 9.97. The van der Waals surface area contributed by atoms with Crippen molar-refractivity contribution in [2.24, 2.45) is 0 Å². The van der Waals surface area contributed by atoms with Crippen molar-refractivity contribution >= 4 is 5.82 Å². The van der Waals surface area contributed by atoms with Crippen LogP contribution >= 0.6 is 0 Å². The van der Waals surface area contributed by atoms with Gasteiger partial charge in [0.15, 0.2) is 0 Å². The maximum Gasteiger partial charge on any atom is 0.129 e. The van der Waals surface area contributed by atoms with Crippen molar-refractivity contribution in [1.29, 1.82) is 0 Å². The lowest BCUT2D eigenvalue weighted by Gasteiger charge is -2.05. The molecule has 0 aliphatic carbocycles. The Hall–Kier alpha value is -1.77. The molecule has 1 aromatic heterocycles. The van der Waals surface area contributed by atoms with Gasteiger partial charge in [-0.25, -0.2) is 4.68 Å². The van der Waals surface area contributed by atoms with Crippen LogP contribution in [0.3, 0.4) is 0 Å². The molecule has 0 atom stereocenters. The lowest BCUT2D eigenvalue weighted by atomic mass is 10.3. The molecule has 1 N–H and O–H groups in total. The standard InChI is InChI=1S/C11H13N3/c1-9-8-11(12-2)14(13-9)10-6-4-3-5-7-10/h3-8,12H,1-2H3. The minimum atomic E-state index is 1.01. The van der Waals surface area contributed by atoms with Gasteiger partial charge in [-0.2, -0.15) is 5.10 Å². The number of rotatable bonds is 2. The molecule has 0 saturated carbocycles. The summed E-state index contributed by atoms with van der Waals surface area (Å²) in [7, 11) is 1.90. The summed E-state index contributed by atoms with van der Waals surface area (Å²) in [6.45, 7) is 1.99. The van der Waals surface area contributed by atoms with Gasteiger partial charge >= 0.3 is 0 Å². The number of nitrogens with zero attached hydrogens (tertiary/aromatic N) is 2. The Kier molecular flexibility index (Phi) is 2.23. The van der Waals surface area contributed by atoms with Crippen LogP contribution in [0, 0.1) is 6.92 Å².